The highest BCUT2D eigenvalue weighted by Gasteiger charge is 2.22. The quantitative estimate of drug-likeness (QED) is 0.437. The van der Waals surface area contributed by atoms with Gasteiger partial charge in [0.25, 0.3) is 0 Å². The van der Waals surface area contributed by atoms with Crippen molar-refractivity contribution in [3.05, 3.63) is 52.5 Å². The van der Waals surface area contributed by atoms with Crippen LogP contribution in [0.1, 0.15) is 12.8 Å². The standard InChI is InChI=1S/C22H22Cl2N4O3S/c1-30-18-6-4-14(5-7-18)21-26-27-22(28(21)12-19-3-2-8-31-19)32-13-20(29)25-17-10-15(23)9-16(24)11-17/h4-7,9-11,19H,2-3,8,12-13H2,1H3,(H,25,29). The zero-order valence-corrected chi connectivity index (χ0v) is 19.7. The number of thioether (sulfide) groups is 1. The van der Waals surface area contributed by atoms with Gasteiger partial charge in [-0.2, -0.15) is 0 Å². The van der Waals surface area contributed by atoms with Gasteiger partial charge in [-0.05, 0) is 55.3 Å². The first kappa shape index (κ1) is 22.9. The molecule has 1 aliphatic heterocycles. The number of hydrogen-bond acceptors (Lipinski definition) is 6. The number of nitrogens with one attached hydrogen (secondary N) is 1. The summed E-state index contributed by atoms with van der Waals surface area (Å²) in [4.78, 5) is 12.5. The highest BCUT2D eigenvalue weighted by atomic mass is 35.5. The monoisotopic (exact) mass is 492 g/mol. The number of nitrogens with zero attached hydrogens (tertiary/aromatic N) is 3. The van der Waals surface area contributed by atoms with E-state index in [1.807, 2.05) is 28.8 Å². The molecule has 168 valence electrons. The van der Waals surface area contributed by atoms with E-state index in [0.717, 1.165) is 36.6 Å². The lowest BCUT2D eigenvalue weighted by Crippen LogP contribution is -2.18. The molecule has 1 aromatic heterocycles. The van der Waals surface area contributed by atoms with Crippen LogP contribution in [0.4, 0.5) is 5.69 Å². The summed E-state index contributed by atoms with van der Waals surface area (Å²) in [6.45, 7) is 1.39. The third-order valence-corrected chi connectivity index (χ3v) is 6.36. The molecule has 7 nitrogen and oxygen atoms in total. The molecule has 2 aromatic carbocycles. The van der Waals surface area contributed by atoms with Crippen LogP contribution in [0.15, 0.2) is 47.6 Å². The third-order valence-electron chi connectivity index (χ3n) is 4.95. The number of methoxy groups -OCH3 is 1. The lowest BCUT2D eigenvalue weighted by Gasteiger charge is -2.15. The van der Waals surface area contributed by atoms with Crippen molar-refractivity contribution in [1.29, 1.82) is 0 Å². The second-order valence-corrected chi connectivity index (χ2v) is 9.09. The van der Waals surface area contributed by atoms with E-state index in [9.17, 15) is 4.79 Å². The van der Waals surface area contributed by atoms with Crippen LogP contribution in [0.25, 0.3) is 11.4 Å². The van der Waals surface area contributed by atoms with Gasteiger partial charge in [-0.3, -0.25) is 9.36 Å². The average molecular weight is 493 g/mol. The van der Waals surface area contributed by atoms with Crippen LogP contribution in [-0.4, -0.2) is 46.2 Å². The molecule has 1 atom stereocenters. The van der Waals surface area contributed by atoms with E-state index in [4.69, 9.17) is 32.7 Å². The van der Waals surface area contributed by atoms with Crippen LogP contribution in [0, 0.1) is 0 Å². The molecule has 0 radical (unpaired) electrons. The lowest BCUT2D eigenvalue weighted by molar-refractivity contribution is -0.113. The Labute approximate surface area is 200 Å². The molecule has 1 N–H and O–H groups in total. The number of hydrogen-bond donors (Lipinski definition) is 1. The number of benzene rings is 2. The molecule has 1 fully saturated rings. The minimum atomic E-state index is -0.189. The van der Waals surface area contributed by atoms with Gasteiger partial charge in [0.1, 0.15) is 5.75 Å². The molecule has 2 heterocycles. The number of rotatable bonds is 8. The first-order valence-corrected chi connectivity index (χ1v) is 11.8. The fraction of sp³-hybridized carbons (Fsp3) is 0.318. The minimum absolute atomic E-state index is 0.102. The molecule has 4 rings (SSSR count). The van der Waals surface area contributed by atoms with Gasteiger partial charge in [-0.15, -0.1) is 10.2 Å². The highest BCUT2D eigenvalue weighted by molar-refractivity contribution is 7.99. The number of anilines is 1. The van der Waals surface area contributed by atoms with Crippen molar-refractivity contribution in [2.24, 2.45) is 0 Å². The summed E-state index contributed by atoms with van der Waals surface area (Å²) in [6.07, 6.45) is 2.13. The van der Waals surface area contributed by atoms with E-state index in [2.05, 4.69) is 15.5 Å². The van der Waals surface area contributed by atoms with Gasteiger partial charge in [0.2, 0.25) is 5.91 Å². The number of aromatic nitrogens is 3. The largest absolute Gasteiger partial charge is 0.497 e. The van der Waals surface area contributed by atoms with Crippen molar-refractivity contribution in [1.82, 2.24) is 14.8 Å². The van der Waals surface area contributed by atoms with Crippen molar-refractivity contribution in [3.8, 4) is 17.1 Å². The summed E-state index contributed by atoms with van der Waals surface area (Å²) >= 11 is 13.3. The van der Waals surface area contributed by atoms with Crippen molar-refractivity contribution >= 4 is 46.6 Å². The summed E-state index contributed by atoms with van der Waals surface area (Å²) in [5, 5.41) is 13.1. The van der Waals surface area contributed by atoms with Crippen LogP contribution in [0.2, 0.25) is 10.0 Å². The number of ether oxygens (including phenoxy) is 2. The summed E-state index contributed by atoms with van der Waals surface area (Å²) < 4.78 is 13.1. The van der Waals surface area contributed by atoms with E-state index in [1.54, 1.807) is 25.3 Å². The van der Waals surface area contributed by atoms with E-state index in [1.165, 1.54) is 11.8 Å². The number of halogens is 2. The Bertz CT molecular complexity index is 1070. The van der Waals surface area contributed by atoms with E-state index < -0.39 is 0 Å². The molecule has 0 spiro atoms. The number of amides is 1. The zero-order chi connectivity index (χ0) is 22.5. The third kappa shape index (κ3) is 5.75. The maximum Gasteiger partial charge on any atom is 0.234 e. The molecule has 3 aromatic rings. The fourth-order valence-corrected chi connectivity index (χ4v) is 4.73. The molecule has 10 heteroatoms. The van der Waals surface area contributed by atoms with Gasteiger partial charge in [-0.25, -0.2) is 0 Å². The first-order chi connectivity index (χ1) is 15.5. The molecule has 32 heavy (non-hydrogen) atoms. The maximum absolute atomic E-state index is 12.5. The Morgan fingerprint density at radius 3 is 2.62 bits per heavy atom. The number of carbonyl (C=O) groups is 1. The van der Waals surface area contributed by atoms with E-state index >= 15 is 0 Å². The Hall–Kier alpha value is -2.26. The minimum Gasteiger partial charge on any atom is -0.497 e. The van der Waals surface area contributed by atoms with Crippen LogP contribution in [0.3, 0.4) is 0 Å². The van der Waals surface area contributed by atoms with E-state index in [0.29, 0.717) is 27.4 Å². The van der Waals surface area contributed by atoms with Crippen molar-refractivity contribution in [3.63, 3.8) is 0 Å². The Balaban J connectivity index is 1.50. The second-order valence-electron chi connectivity index (χ2n) is 7.28. The molecule has 1 aliphatic rings. The molecular weight excluding hydrogens is 471 g/mol. The van der Waals surface area contributed by atoms with Gasteiger partial charge in [0, 0.05) is 27.9 Å². The second kappa shape index (κ2) is 10.6. The molecule has 0 aliphatic carbocycles. The summed E-state index contributed by atoms with van der Waals surface area (Å²) in [5.74, 6) is 1.47. The Kier molecular flexibility index (Phi) is 7.57. The van der Waals surface area contributed by atoms with Gasteiger partial charge in [0.15, 0.2) is 11.0 Å². The fourth-order valence-electron chi connectivity index (χ4n) is 3.46. The summed E-state index contributed by atoms with van der Waals surface area (Å²) in [7, 11) is 1.63. The van der Waals surface area contributed by atoms with Gasteiger partial charge < -0.3 is 14.8 Å². The molecule has 1 unspecified atom stereocenters. The summed E-state index contributed by atoms with van der Waals surface area (Å²) in [6, 6.07) is 12.6. The lowest BCUT2D eigenvalue weighted by atomic mass is 10.2. The predicted octanol–water partition coefficient (Wildman–Crippen LogP) is 5.17. The van der Waals surface area contributed by atoms with Crippen molar-refractivity contribution in [2.45, 2.75) is 30.6 Å². The highest BCUT2D eigenvalue weighted by Crippen LogP contribution is 2.28. The number of carbonyl (C=O) groups excluding carboxylic acids is 1. The molecule has 1 amide bonds. The topological polar surface area (TPSA) is 78.3 Å². The predicted molar refractivity (Wildman–Crippen MR) is 127 cm³/mol. The Morgan fingerprint density at radius 1 is 1.22 bits per heavy atom. The Morgan fingerprint density at radius 2 is 1.97 bits per heavy atom. The van der Waals surface area contributed by atoms with Gasteiger partial charge in [0.05, 0.1) is 25.5 Å². The zero-order valence-electron chi connectivity index (χ0n) is 17.4. The van der Waals surface area contributed by atoms with Gasteiger partial charge >= 0.3 is 0 Å². The SMILES string of the molecule is COc1ccc(-c2nnc(SCC(=O)Nc3cc(Cl)cc(Cl)c3)n2CC2CCCO2)cc1. The van der Waals surface area contributed by atoms with Gasteiger partial charge in [-0.1, -0.05) is 35.0 Å². The molecule has 0 bridgehead atoms. The van der Waals surface area contributed by atoms with Crippen LogP contribution < -0.4 is 10.1 Å². The van der Waals surface area contributed by atoms with Crippen molar-refractivity contribution < 1.29 is 14.3 Å². The van der Waals surface area contributed by atoms with Crippen LogP contribution in [-0.2, 0) is 16.1 Å². The smallest absolute Gasteiger partial charge is 0.234 e. The van der Waals surface area contributed by atoms with E-state index in [-0.39, 0.29) is 17.8 Å². The summed E-state index contributed by atoms with van der Waals surface area (Å²) in [5.41, 5.74) is 1.47. The van der Waals surface area contributed by atoms with Crippen LogP contribution in [0.5, 0.6) is 5.75 Å². The first-order valence-electron chi connectivity index (χ1n) is 10.1. The molecular formula is C22H22Cl2N4O3S. The molecule has 1 saturated heterocycles. The maximum atomic E-state index is 12.5. The molecule has 0 saturated carbocycles. The van der Waals surface area contributed by atoms with Crippen molar-refractivity contribution in [2.75, 3.05) is 24.8 Å². The normalized spacial score (nSPS) is 15.7. The van der Waals surface area contributed by atoms with Crippen LogP contribution >= 0.6 is 35.0 Å². The average Bonchev–Trinajstić information content (AvgIpc) is 3.42.